The lowest BCUT2D eigenvalue weighted by molar-refractivity contribution is 0.306. The van der Waals surface area contributed by atoms with E-state index in [2.05, 4.69) is 26.5 Å². The van der Waals surface area contributed by atoms with E-state index in [1.54, 1.807) is 30.3 Å². The van der Waals surface area contributed by atoms with Crippen LogP contribution in [0.3, 0.4) is 0 Å². The third kappa shape index (κ3) is 13.1. The van der Waals surface area contributed by atoms with E-state index in [1.807, 2.05) is 24.3 Å². The molecular formula is C25H38O3S2. The molecule has 0 atom stereocenters. The third-order valence-corrected chi connectivity index (χ3v) is 6.43. The van der Waals surface area contributed by atoms with Crippen LogP contribution in [0, 0.1) is 6.92 Å². The Morgan fingerprint density at radius 1 is 0.733 bits per heavy atom. The smallest absolute Gasteiger partial charge is 0.266 e. The summed E-state index contributed by atoms with van der Waals surface area (Å²) >= 11 is 4.13. The standard InChI is InChI=1S/C18H30O3S.C7H8S/c1-2-3-4-5-6-7-8-9-10-14-17-21-22(19,20)18-15-12-11-13-16-18;1-6-2-4-7(8)5-3-6/h11-13,15-16H,2-10,14,17H2,1H3;2-5,8H,1H3. The zero-order valence-corrected chi connectivity index (χ0v) is 20.3. The SMILES string of the molecule is CCCCCCCCCCCCOS(=O)(=O)c1ccccc1.Cc1ccc(S)cc1. The van der Waals surface area contributed by atoms with Gasteiger partial charge in [-0.05, 0) is 37.6 Å². The lowest BCUT2D eigenvalue weighted by atomic mass is 10.1. The predicted molar refractivity (Wildman–Crippen MR) is 130 cm³/mol. The van der Waals surface area contributed by atoms with E-state index >= 15 is 0 Å². The van der Waals surface area contributed by atoms with Crippen LogP contribution in [0.4, 0.5) is 0 Å². The number of unbranched alkanes of at least 4 members (excludes halogenated alkanes) is 9. The molecule has 0 radical (unpaired) electrons. The van der Waals surface area contributed by atoms with E-state index in [0.717, 1.165) is 17.7 Å². The van der Waals surface area contributed by atoms with Crippen molar-refractivity contribution < 1.29 is 12.6 Å². The molecule has 0 aliphatic rings. The van der Waals surface area contributed by atoms with E-state index in [4.69, 9.17) is 4.18 Å². The van der Waals surface area contributed by atoms with Crippen molar-refractivity contribution >= 4 is 22.7 Å². The van der Waals surface area contributed by atoms with Crippen molar-refractivity contribution in [3.8, 4) is 0 Å². The Balaban J connectivity index is 0.000000467. The second kappa shape index (κ2) is 16.4. The maximum Gasteiger partial charge on any atom is 0.296 e. The molecule has 0 heterocycles. The quantitative estimate of drug-likeness (QED) is 0.194. The van der Waals surface area contributed by atoms with Crippen LogP contribution < -0.4 is 0 Å². The summed E-state index contributed by atoms with van der Waals surface area (Å²) in [7, 11) is -3.57. The van der Waals surface area contributed by atoms with Crippen LogP contribution >= 0.6 is 12.6 Å². The highest BCUT2D eigenvalue weighted by atomic mass is 32.2. The highest BCUT2D eigenvalue weighted by Crippen LogP contribution is 2.13. The first kappa shape index (κ1) is 26.7. The van der Waals surface area contributed by atoms with E-state index in [-0.39, 0.29) is 11.5 Å². The van der Waals surface area contributed by atoms with Gasteiger partial charge in [0.1, 0.15) is 0 Å². The monoisotopic (exact) mass is 450 g/mol. The molecule has 0 aliphatic heterocycles. The van der Waals surface area contributed by atoms with Crippen LogP contribution in [0.15, 0.2) is 64.4 Å². The Hall–Kier alpha value is -1.30. The predicted octanol–water partition coefficient (Wildman–Crippen LogP) is 7.60. The largest absolute Gasteiger partial charge is 0.296 e. The van der Waals surface area contributed by atoms with Crippen molar-refractivity contribution in [2.45, 2.75) is 87.8 Å². The fourth-order valence-electron chi connectivity index (χ4n) is 2.96. The summed E-state index contributed by atoms with van der Waals surface area (Å²) in [6.45, 7) is 4.58. The molecule has 0 saturated heterocycles. The Kier molecular flexibility index (Phi) is 14.6. The van der Waals surface area contributed by atoms with Gasteiger partial charge in [-0.3, -0.25) is 4.18 Å². The van der Waals surface area contributed by atoms with E-state index in [1.165, 1.54) is 56.9 Å². The minimum Gasteiger partial charge on any atom is -0.266 e. The lowest BCUT2D eigenvalue weighted by Crippen LogP contribution is -2.07. The molecule has 30 heavy (non-hydrogen) atoms. The van der Waals surface area contributed by atoms with Gasteiger partial charge in [0.05, 0.1) is 11.5 Å². The molecule has 168 valence electrons. The number of benzene rings is 2. The minimum absolute atomic E-state index is 0.238. The van der Waals surface area contributed by atoms with Crippen molar-refractivity contribution in [2.24, 2.45) is 0 Å². The topological polar surface area (TPSA) is 43.4 Å². The summed E-state index contributed by atoms with van der Waals surface area (Å²) in [5, 5.41) is 0. The van der Waals surface area contributed by atoms with Crippen LogP contribution in [0.5, 0.6) is 0 Å². The average molecular weight is 451 g/mol. The molecule has 2 aromatic carbocycles. The van der Waals surface area contributed by atoms with E-state index in [0.29, 0.717) is 0 Å². The molecule has 3 nitrogen and oxygen atoms in total. The molecule has 0 aliphatic carbocycles. The van der Waals surface area contributed by atoms with Crippen LogP contribution in [0.2, 0.25) is 0 Å². The average Bonchev–Trinajstić information content (AvgIpc) is 2.75. The summed E-state index contributed by atoms with van der Waals surface area (Å²) in [6.07, 6.45) is 12.3. The van der Waals surface area contributed by atoms with Gasteiger partial charge >= 0.3 is 0 Å². The number of rotatable bonds is 13. The van der Waals surface area contributed by atoms with Gasteiger partial charge in [0, 0.05) is 4.90 Å². The second-order valence-corrected chi connectivity index (χ2v) is 9.74. The number of hydrogen-bond acceptors (Lipinski definition) is 4. The molecule has 0 unspecified atom stereocenters. The maximum absolute atomic E-state index is 11.9. The molecule has 2 aromatic rings. The summed E-state index contributed by atoms with van der Waals surface area (Å²) in [6, 6.07) is 16.4. The highest BCUT2D eigenvalue weighted by Gasteiger charge is 2.13. The van der Waals surface area contributed by atoms with Crippen LogP contribution in [-0.2, 0) is 14.3 Å². The zero-order valence-electron chi connectivity index (χ0n) is 18.6. The fraction of sp³-hybridized carbons (Fsp3) is 0.520. The Morgan fingerprint density at radius 3 is 1.73 bits per heavy atom. The van der Waals surface area contributed by atoms with Crippen LogP contribution in [0.1, 0.15) is 76.7 Å². The molecule has 0 fully saturated rings. The van der Waals surface area contributed by atoms with Gasteiger partial charge in [0.2, 0.25) is 0 Å². The number of hydrogen-bond donors (Lipinski definition) is 1. The Morgan fingerprint density at radius 2 is 1.23 bits per heavy atom. The van der Waals surface area contributed by atoms with Gasteiger partial charge in [-0.2, -0.15) is 8.42 Å². The van der Waals surface area contributed by atoms with Crippen molar-refractivity contribution in [2.75, 3.05) is 6.61 Å². The van der Waals surface area contributed by atoms with Gasteiger partial charge in [0.25, 0.3) is 10.1 Å². The van der Waals surface area contributed by atoms with Gasteiger partial charge in [-0.15, -0.1) is 12.6 Å². The molecule has 0 amide bonds. The third-order valence-electron chi connectivity index (χ3n) is 4.80. The summed E-state index contributed by atoms with van der Waals surface area (Å²) in [5.74, 6) is 0. The molecule has 2 rings (SSSR count). The molecule has 0 bridgehead atoms. The molecule has 0 spiro atoms. The maximum atomic E-state index is 11.9. The van der Waals surface area contributed by atoms with Crippen LogP contribution in [-0.4, -0.2) is 15.0 Å². The molecular weight excluding hydrogens is 412 g/mol. The Labute approximate surface area is 189 Å². The van der Waals surface area contributed by atoms with Crippen molar-refractivity contribution in [1.29, 1.82) is 0 Å². The van der Waals surface area contributed by atoms with Crippen molar-refractivity contribution in [3.05, 3.63) is 60.2 Å². The number of aryl methyl sites for hydroxylation is 1. The van der Waals surface area contributed by atoms with Gasteiger partial charge < -0.3 is 0 Å². The van der Waals surface area contributed by atoms with Gasteiger partial charge in [-0.1, -0.05) is 101 Å². The Bertz CT molecular complexity index is 736. The first-order chi connectivity index (χ1) is 14.5. The molecule has 0 N–H and O–H groups in total. The molecule has 0 saturated carbocycles. The summed E-state index contributed by atoms with van der Waals surface area (Å²) in [4.78, 5) is 1.26. The van der Waals surface area contributed by atoms with Gasteiger partial charge in [-0.25, -0.2) is 0 Å². The first-order valence-corrected chi connectivity index (χ1v) is 13.0. The van der Waals surface area contributed by atoms with Gasteiger partial charge in [0.15, 0.2) is 0 Å². The summed E-state index contributed by atoms with van der Waals surface area (Å²) < 4.78 is 28.8. The second-order valence-electron chi connectivity index (χ2n) is 7.61. The lowest BCUT2D eigenvalue weighted by Gasteiger charge is -2.05. The number of thiol groups is 1. The highest BCUT2D eigenvalue weighted by molar-refractivity contribution is 7.86. The van der Waals surface area contributed by atoms with E-state index in [9.17, 15) is 8.42 Å². The minimum atomic E-state index is -3.57. The van der Waals surface area contributed by atoms with E-state index < -0.39 is 10.1 Å². The van der Waals surface area contributed by atoms with Crippen molar-refractivity contribution in [1.82, 2.24) is 0 Å². The molecule has 0 aromatic heterocycles. The van der Waals surface area contributed by atoms with Crippen LogP contribution in [0.25, 0.3) is 0 Å². The summed E-state index contributed by atoms with van der Waals surface area (Å²) in [5.41, 5.74) is 1.28. The van der Waals surface area contributed by atoms with Crippen molar-refractivity contribution in [3.63, 3.8) is 0 Å². The molecule has 5 heteroatoms. The first-order valence-electron chi connectivity index (χ1n) is 11.2. The fourth-order valence-corrected chi connectivity index (χ4v) is 4.07. The zero-order chi connectivity index (χ0) is 22.1. The normalized spacial score (nSPS) is 11.0.